The monoisotopic (exact) mass is 411 g/mol. The van der Waals surface area contributed by atoms with Gasteiger partial charge in [0, 0.05) is 11.1 Å². The number of primary sulfonamides is 1. The fraction of sp³-hybridized carbons (Fsp3) is 0. The van der Waals surface area contributed by atoms with Crippen molar-refractivity contribution < 1.29 is 17.2 Å². The Morgan fingerprint density at radius 3 is 2.55 bits per heavy atom. The van der Waals surface area contributed by atoms with Crippen molar-refractivity contribution in [2.24, 2.45) is 5.14 Å². The van der Waals surface area contributed by atoms with E-state index >= 15 is 0 Å². The minimum Gasteiger partial charge on any atom is -0.338 e. The molecule has 29 heavy (non-hydrogen) atoms. The number of aromatic amines is 1. The average molecular weight is 411 g/mol. The highest BCUT2D eigenvalue weighted by atomic mass is 32.2. The summed E-state index contributed by atoms with van der Waals surface area (Å²) in [6.07, 6.45) is 2.96. The van der Waals surface area contributed by atoms with Crippen LogP contribution in [0.25, 0.3) is 34.3 Å². The number of sulfonamides is 1. The summed E-state index contributed by atoms with van der Waals surface area (Å²) in [5, 5.41) is 5.31. The van der Waals surface area contributed by atoms with Crippen LogP contribution in [0.4, 0.5) is 8.78 Å². The van der Waals surface area contributed by atoms with Gasteiger partial charge in [0.05, 0.1) is 15.9 Å². The Hall–Kier alpha value is -3.36. The zero-order valence-corrected chi connectivity index (χ0v) is 15.7. The molecule has 3 aromatic carbocycles. The van der Waals surface area contributed by atoms with Crippen molar-refractivity contribution in [1.29, 1.82) is 0 Å². The number of fused-ring (bicyclic) bond motifs is 1. The molecule has 1 heterocycles. The molecule has 0 aliphatic heterocycles. The van der Waals surface area contributed by atoms with E-state index in [-0.39, 0.29) is 10.5 Å². The van der Waals surface area contributed by atoms with Gasteiger partial charge in [-0.05, 0) is 42.0 Å². The van der Waals surface area contributed by atoms with Gasteiger partial charge in [-0.15, -0.1) is 0 Å². The van der Waals surface area contributed by atoms with Crippen LogP contribution in [0.15, 0.2) is 65.6 Å². The summed E-state index contributed by atoms with van der Waals surface area (Å²) in [6, 6.07) is 15.6. The summed E-state index contributed by atoms with van der Waals surface area (Å²) in [5.41, 5.74) is 2.53. The van der Waals surface area contributed by atoms with E-state index in [0.717, 1.165) is 6.07 Å². The second-order valence-corrected chi connectivity index (χ2v) is 7.90. The van der Waals surface area contributed by atoms with E-state index < -0.39 is 21.7 Å². The molecular formula is C21H15F2N3O2S. The normalized spacial score (nSPS) is 12.1. The van der Waals surface area contributed by atoms with E-state index in [2.05, 4.69) is 9.97 Å². The van der Waals surface area contributed by atoms with Crippen LogP contribution in [0.3, 0.4) is 0 Å². The maximum Gasteiger partial charge on any atom is 0.238 e. The Bertz CT molecular complexity index is 1360. The Kier molecular flexibility index (Phi) is 4.73. The quantitative estimate of drug-likeness (QED) is 0.524. The van der Waals surface area contributed by atoms with Crippen LogP contribution in [0.2, 0.25) is 0 Å². The Morgan fingerprint density at radius 2 is 1.76 bits per heavy atom. The zero-order valence-electron chi connectivity index (χ0n) is 14.9. The predicted molar refractivity (Wildman–Crippen MR) is 108 cm³/mol. The number of imidazole rings is 1. The highest BCUT2D eigenvalue weighted by Gasteiger charge is 2.15. The number of rotatable bonds is 4. The molecule has 0 radical (unpaired) electrons. The largest absolute Gasteiger partial charge is 0.338 e. The van der Waals surface area contributed by atoms with Gasteiger partial charge in [0.1, 0.15) is 5.82 Å². The Balaban J connectivity index is 1.73. The van der Waals surface area contributed by atoms with Gasteiger partial charge in [-0.3, -0.25) is 0 Å². The molecule has 3 N–H and O–H groups in total. The van der Waals surface area contributed by atoms with Crippen molar-refractivity contribution in [3.63, 3.8) is 0 Å². The first-order valence-electron chi connectivity index (χ1n) is 8.57. The smallest absolute Gasteiger partial charge is 0.238 e. The number of H-pyrrole nitrogens is 1. The molecule has 4 aromatic rings. The maximum absolute atomic E-state index is 13.8. The molecule has 0 unspecified atom stereocenters. The zero-order chi connectivity index (χ0) is 20.6. The van der Waals surface area contributed by atoms with Crippen LogP contribution in [0.5, 0.6) is 0 Å². The summed E-state index contributed by atoms with van der Waals surface area (Å²) in [5.74, 6) is -1.41. The summed E-state index contributed by atoms with van der Waals surface area (Å²) in [7, 11) is -3.88. The van der Waals surface area contributed by atoms with Crippen molar-refractivity contribution >= 4 is 33.2 Å². The average Bonchev–Trinajstić information content (AvgIpc) is 3.10. The van der Waals surface area contributed by atoms with Crippen LogP contribution in [-0.2, 0) is 10.0 Å². The van der Waals surface area contributed by atoms with Crippen molar-refractivity contribution in [2.45, 2.75) is 4.90 Å². The highest BCUT2D eigenvalue weighted by Crippen LogP contribution is 2.29. The third kappa shape index (κ3) is 3.80. The molecular weight excluding hydrogens is 396 g/mol. The summed E-state index contributed by atoms with van der Waals surface area (Å²) in [6.45, 7) is 0. The van der Waals surface area contributed by atoms with Gasteiger partial charge in [0.15, 0.2) is 11.6 Å². The standard InChI is InChI=1S/C21H15F2N3O2S/c22-16-6-3-4-13(21(16)23)9-11-20-25-17-10-8-14(12-18(17)26-20)15-5-1-2-7-19(15)29(24,27)28/h1-12H,(H,25,26)(H2,24,27,28)/b11-9+. The number of benzene rings is 3. The predicted octanol–water partition coefficient (Wildman–Crippen LogP) is 4.33. The van der Waals surface area contributed by atoms with Gasteiger partial charge in [-0.25, -0.2) is 27.3 Å². The van der Waals surface area contributed by atoms with Gasteiger partial charge in [-0.1, -0.05) is 36.4 Å². The van der Waals surface area contributed by atoms with Gasteiger partial charge < -0.3 is 4.98 Å². The molecule has 0 fully saturated rings. The van der Waals surface area contributed by atoms with E-state index in [0.29, 0.717) is 28.0 Å². The van der Waals surface area contributed by atoms with Gasteiger partial charge in [0.2, 0.25) is 10.0 Å². The first kappa shape index (κ1) is 19.0. The second-order valence-electron chi connectivity index (χ2n) is 6.37. The van der Waals surface area contributed by atoms with Crippen LogP contribution in [0.1, 0.15) is 11.4 Å². The maximum atomic E-state index is 13.8. The van der Waals surface area contributed by atoms with Crippen LogP contribution in [-0.4, -0.2) is 18.4 Å². The second kappa shape index (κ2) is 7.23. The molecule has 0 amide bonds. The number of hydrogen-bond donors (Lipinski definition) is 2. The van der Waals surface area contributed by atoms with Crippen molar-refractivity contribution in [2.75, 3.05) is 0 Å². The topological polar surface area (TPSA) is 88.8 Å². The van der Waals surface area contributed by atoms with E-state index in [4.69, 9.17) is 5.14 Å². The molecule has 0 aliphatic rings. The number of hydrogen-bond acceptors (Lipinski definition) is 3. The number of nitrogens with one attached hydrogen (secondary N) is 1. The lowest BCUT2D eigenvalue weighted by Gasteiger charge is -2.07. The molecule has 0 saturated heterocycles. The molecule has 0 saturated carbocycles. The van der Waals surface area contributed by atoms with Gasteiger partial charge in [-0.2, -0.15) is 0 Å². The summed E-state index contributed by atoms with van der Waals surface area (Å²) >= 11 is 0. The number of aromatic nitrogens is 2. The lowest BCUT2D eigenvalue weighted by atomic mass is 10.1. The molecule has 4 rings (SSSR count). The number of nitrogens with zero attached hydrogens (tertiary/aromatic N) is 1. The molecule has 0 bridgehead atoms. The molecule has 0 aliphatic carbocycles. The molecule has 0 spiro atoms. The highest BCUT2D eigenvalue weighted by molar-refractivity contribution is 7.89. The van der Waals surface area contributed by atoms with E-state index in [1.807, 2.05) is 0 Å². The fourth-order valence-corrected chi connectivity index (χ4v) is 3.81. The number of nitrogens with two attached hydrogens (primary N) is 1. The van der Waals surface area contributed by atoms with Crippen molar-refractivity contribution in [1.82, 2.24) is 9.97 Å². The third-order valence-corrected chi connectivity index (χ3v) is 5.38. The van der Waals surface area contributed by atoms with Crippen LogP contribution in [0, 0.1) is 11.6 Å². The molecule has 5 nitrogen and oxygen atoms in total. The molecule has 1 aromatic heterocycles. The third-order valence-electron chi connectivity index (χ3n) is 4.41. The van der Waals surface area contributed by atoms with Gasteiger partial charge in [0.25, 0.3) is 0 Å². The summed E-state index contributed by atoms with van der Waals surface area (Å²) < 4.78 is 50.8. The number of halogens is 2. The Labute approximate surface area is 165 Å². The fourth-order valence-electron chi connectivity index (χ4n) is 3.05. The Morgan fingerprint density at radius 1 is 0.966 bits per heavy atom. The molecule has 0 atom stereocenters. The lowest BCUT2D eigenvalue weighted by Crippen LogP contribution is -2.13. The van der Waals surface area contributed by atoms with Crippen LogP contribution < -0.4 is 5.14 Å². The molecule has 8 heteroatoms. The first-order valence-corrected chi connectivity index (χ1v) is 10.1. The summed E-state index contributed by atoms with van der Waals surface area (Å²) in [4.78, 5) is 7.49. The van der Waals surface area contributed by atoms with Crippen molar-refractivity contribution in [3.05, 3.63) is 83.7 Å². The SMILES string of the molecule is NS(=O)(=O)c1ccccc1-c1ccc2nc(/C=C/c3cccc(F)c3F)[nH]c2c1. The van der Waals surface area contributed by atoms with E-state index in [1.165, 1.54) is 30.4 Å². The van der Waals surface area contributed by atoms with Crippen LogP contribution >= 0.6 is 0 Å². The first-order chi connectivity index (χ1) is 13.8. The lowest BCUT2D eigenvalue weighted by molar-refractivity contribution is 0.507. The minimum atomic E-state index is -3.88. The minimum absolute atomic E-state index is 0.0283. The molecule has 146 valence electrons. The van der Waals surface area contributed by atoms with Crippen molar-refractivity contribution in [3.8, 4) is 11.1 Å². The van der Waals surface area contributed by atoms with E-state index in [9.17, 15) is 17.2 Å². The van der Waals surface area contributed by atoms with E-state index in [1.54, 1.807) is 36.4 Å². The van der Waals surface area contributed by atoms with Gasteiger partial charge >= 0.3 is 0 Å².